The van der Waals surface area contributed by atoms with Crippen molar-refractivity contribution < 1.29 is 9.53 Å². The van der Waals surface area contributed by atoms with E-state index in [4.69, 9.17) is 4.74 Å². The number of piperidine rings is 1. The van der Waals surface area contributed by atoms with E-state index in [1.807, 2.05) is 35.5 Å². The summed E-state index contributed by atoms with van der Waals surface area (Å²) in [6, 6.07) is 16.4. The van der Waals surface area contributed by atoms with Crippen molar-refractivity contribution in [1.82, 2.24) is 20.0 Å². The minimum atomic E-state index is -0.169. The largest absolute Gasteiger partial charge is 0.497 e. The second kappa shape index (κ2) is 10.3. The summed E-state index contributed by atoms with van der Waals surface area (Å²) >= 11 is 0. The Kier molecular flexibility index (Phi) is 7.01. The third-order valence-electron chi connectivity index (χ3n) is 7.78. The van der Waals surface area contributed by atoms with Gasteiger partial charge in [-0.1, -0.05) is 38.1 Å². The maximum Gasteiger partial charge on any atom is 0.325 e. The van der Waals surface area contributed by atoms with Crippen LogP contribution in [0.15, 0.2) is 60.9 Å². The van der Waals surface area contributed by atoms with Gasteiger partial charge in [0.25, 0.3) is 0 Å². The molecule has 3 heterocycles. The minimum absolute atomic E-state index is 0.0875. The predicted molar refractivity (Wildman–Crippen MR) is 143 cm³/mol. The standard InChI is InChI=1S/C29H37N5O2/c1-22(2)11-14-32-15-12-29(13-16-32)21-33(26-9-7-24(8-10-26)25-18-30-31-19-25)28(35)34(29)20-23-5-4-6-27(17-23)36-3/h4-10,17-19,22H,11-16,20-21H2,1-3H3,(H,30,31). The minimum Gasteiger partial charge on any atom is -0.497 e. The number of nitrogens with zero attached hydrogens (tertiary/aromatic N) is 4. The van der Waals surface area contributed by atoms with Gasteiger partial charge in [-0.3, -0.25) is 10.00 Å². The molecular weight excluding hydrogens is 450 g/mol. The summed E-state index contributed by atoms with van der Waals surface area (Å²) < 4.78 is 5.45. The maximum absolute atomic E-state index is 13.9. The smallest absolute Gasteiger partial charge is 0.325 e. The van der Waals surface area contributed by atoms with Crippen molar-refractivity contribution in [2.45, 2.75) is 45.2 Å². The van der Waals surface area contributed by atoms with Gasteiger partial charge in [-0.05, 0) is 67.1 Å². The molecule has 1 aromatic heterocycles. The number of hydrogen-bond acceptors (Lipinski definition) is 4. The van der Waals surface area contributed by atoms with Gasteiger partial charge in [-0.25, -0.2) is 4.79 Å². The lowest BCUT2D eigenvalue weighted by Crippen LogP contribution is -2.54. The number of methoxy groups -OCH3 is 1. The number of carbonyl (C=O) groups excluding carboxylic acids is 1. The molecule has 7 nitrogen and oxygen atoms in total. The van der Waals surface area contributed by atoms with Crippen molar-refractivity contribution in [1.29, 1.82) is 0 Å². The van der Waals surface area contributed by atoms with Crippen molar-refractivity contribution in [2.75, 3.05) is 38.2 Å². The van der Waals surface area contributed by atoms with Crippen molar-refractivity contribution in [3.05, 3.63) is 66.5 Å². The van der Waals surface area contributed by atoms with E-state index in [1.54, 1.807) is 7.11 Å². The predicted octanol–water partition coefficient (Wildman–Crippen LogP) is 5.41. The molecule has 7 heteroatoms. The topological polar surface area (TPSA) is 64.7 Å². The quantitative estimate of drug-likeness (QED) is 0.462. The Labute approximate surface area is 214 Å². The first kappa shape index (κ1) is 24.4. The van der Waals surface area contributed by atoms with Crippen LogP contribution in [0.25, 0.3) is 11.1 Å². The molecule has 36 heavy (non-hydrogen) atoms. The van der Waals surface area contributed by atoms with Crippen LogP contribution in [0.3, 0.4) is 0 Å². The van der Waals surface area contributed by atoms with Crippen LogP contribution in [-0.2, 0) is 6.54 Å². The van der Waals surface area contributed by atoms with Gasteiger partial charge >= 0.3 is 6.03 Å². The highest BCUT2D eigenvalue weighted by atomic mass is 16.5. The van der Waals surface area contributed by atoms with Gasteiger partial charge in [0, 0.05) is 37.1 Å². The maximum atomic E-state index is 13.9. The number of H-pyrrole nitrogens is 1. The van der Waals surface area contributed by atoms with Crippen LogP contribution < -0.4 is 9.64 Å². The lowest BCUT2D eigenvalue weighted by molar-refractivity contribution is 0.0702. The molecule has 1 spiro atoms. The zero-order valence-electron chi connectivity index (χ0n) is 21.6. The molecule has 2 aliphatic rings. The lowest BCUT2D eigenvalue weighted by atomic mass is 9.86. The summed E-state index contributed by atoms with van der Waals surface area (Å²) in [5.74, 6) is 1.53. The number of rotatable bonds is 8. The van der Waals surface area contributed by atoms with Crippen molar-refractivity contribution in [3.8, 4) is 16.9 Å². The van der Waals surface area contributed by atoms with Crippen LogP contribution in [0.2, 0.25) is 0 Å². The van der Waals surface area contributed by atoms with Crippen LogP contribution in [0.5, 0.6) is 5.75 Å². The van der Waals surface area contributed by atoms with Gasteiger partial charge in [0.15, 0.2) is 0 Å². The van der Waals surface area contributed by atoms with Crippen molar-refractivity contribution >= 4 is 11.7 Å². The van der Waals surface area contributed by atoms with Crippen molar-refractivity contribution in [2.24, 2.45) is 5.92 Å². The van der Waals surface area contributed by atoms with E-state index in [9.17, 15) is 4.79 Å². The second-order valence-electron chi connectivity index (χ2n) is 10.6. The number of likely N-dealkylation sites (tertiary alicyclic amines) is 1. The highest BCUT2D eigenvalue weighted by molar-refractivity contribution is 5.95. The molecule has 2 aromatic carbocycles. The summed E-state index contributed by atoms with van der Waals surface area (Å²) in [5.41, 5.74) is 4.00. The number of ether oxygens (including phenoxy) is 1. The van der Waals surface area contributed by atoms with Gasteiger partial charge in [0.2, 0.25) is 0 Å². The Hall–Kier alpha value is -3.32. The molecule has 2 aliphatic heterocycles. The molecule has 2 amide bonds. The van der Waals surface area contributed by atoms with E-state index < -0.39 is 0 Å². The number of aromatic amines is 1. The van der Waals surface area contributed by atoms with E-state index in [1.165, 1.54) is 6.42 Å². The van der Waals surface area contributed by atoms with Gasteiger partial charge in [-0.2, -0.15) is 5.10 Å². The molecule has 3 aromatic rings. The number of anilines is 1. The normalized spacial score (nSPS) is 17.9. The average Bonchev–Trinajstić information content (AvgIpc) is 3.53. The van der Waals surface area contributed by atoms with E-state index in [-0.39, 0.29) is 11.6 Å². The molecular formula is C29H37N5O2. The van der Waals surface area contributed by atoms with E-state index in [0.29, 0.717) is 12.5 Å². The van der Waals surface area contributed by atoms with Crippen LogP contribution in [0.1, 0.15) is 38.7 Å². The first-order valence-corrected chi connectivity index (χ1v) is 13.0. The number of nitrogens with one attached hydrogen (secondary N) is 1. The average molecular weight is 488 g/mol. The molecule has 0 aliphatic carbocycles. The third-order valence-corrected chi connectivity index (χ3v) is 7.78. The number of urea groups is 1. The zero-order chi connectivity index (χ0) is 25.1. The van der Waals surface area contributed by atoms with E-state index in [0.717, 1.165) is 67.1 Å². The highest BCUT2D eigenvalue weighted by Gasteiger charge is 2.51. The molecule has 0 atom stereocenters. The van der Waals surface area contributed by atoms with Crippen molar-refractivity contribution in [3.63, 3.8) is 0 Å². The summed E-state index contributed by atoms with van der Waals surface area (Å²) in [6.45, 7) is 9.07. The number of aromatic nitrogens is 2. The first-order valence-electron chi connectivity index (χ1n) is 13.0. The van der Waals surface area contributed by atoms with Crippen LogP contribution in [0.4, 0.5) is 10.5 Å². The van der Waals surface area contributed by atoms with Crippen LogP contribution in [-0.4, -0.2) is 64.9 Å². The fraction of sp³-hybridized carbons (Fsp3) is 0.448. The summed E-state index contributed by atoms with van der Waals surface area (Å²) in [7, 11) is 1.68. The summed E-state index contributed by atoms with van der Waals surface area (Å²) in [5, 5.41) is 6.91. The Morgan fingerprint density at radius 1 is 1.08 bits per heavy atom. The van der Waals surface area contributed by atoms with Gasteiger partial charge in [0.1, 0.15) is 5.75 Å². The Bertz CT molecular complexity index is 1150. The van der Waals surface area contributed by atoms with E-state index >= 15 is 0 Å². The van der Waals surface area contributed by atoms with Gasteiger partial charge < -0.3 is 14.5 Å². The molecule has 190 valence electrons. The number of carbonyl (C=O) groups is 1. The fourth-order valence-corrected chi connectivity index (χ4v) is 5.49. The number of hydrogen-bond donors (Lipinski definition) is 1. The zero-order valence-corrected chi connectivity index (χ0v) is 21.6. The van der Waals surface area contributed by atoms with Gasteiger partial charge in [-0.15, -0.1) is 0 Å². The fourth-order valence-electron chi connectivity index (χ4n) is 5.49. The lowest BCUT2D eigenvalue weighted by Gasteiger charge is -2.44. The van der Waals surface area contributed by atoms with Crippen LogP contribution >= 0.6 is 0 Å². The molecule has 0 radical (unpaired) electrons. The molecule has 0 bridgehead atoms. The molecule has 2 saturated heterocycles. The second-order valence-corrected chi connectivity index (χ2v) is 10.6. The Morgan fingerprint density at radius 2 is 1.86 bits per heavy atom. The first-order chi connectivity index (χ1) is 17.5. The molecule has 1 N–H and O–H groups in total. The molecule has 0 unspecified atom stereocenters. The molecule has 0 saturated carbocycles. The third kappa shape index (κ3) is 4.98. The Morgan fingerprint density at radius 3 is 2.53 bits per heavy atom. The highest BCUT2D eigenvalue weighted by Crippen LogP contribution is 2.40. The summed E-state index contributed by atoms with van der Waals surface area (Å²) in [4.78, 5) is 20.6. The number of benzene rings is 2. The van der Waals surface area contributed by atoms with Crippen LogP contribution in [0, 0.1) is 5.92 Å². The molecule has 2 fully saturated rings. The monoisotopic (exact) mass is 487 g/mol. The van der Waals surface area contributed by atoms with Gasteiger partial charge in [0.05, 0.1) is 25.4 Å². The number of amides is 2. The SMILES string of the molecule is COc1cccc(CN2C(=O)N(c3ccc(-c4cn[nH]c4)cc3)CC23CCN(CCC(C)C)CC3)c1. The Balaban J connectivity index is 1.39. The summed E-state index contributed by atoms with van der Waals surface area (Å²) in [6.07, 6.45) is 6.89. The van der Waals surface area contributed by atoms with E-state index in [2.05, 4.69) is 64.2 Å². The molecule has 5 rings (SSSR count).